The van der Waals surface area contributed by atoms with E-state index in [1.165, 1.54) is 24.3 Å². The number of aryl methyl sites for hydroxylation is 1. The Labute approximate surface area is 162 Å². The van der Waals surface area contributed by atoms with Crippen LogP contribution in [0.2, 0.25) is 0 Å². The van der Waals surface area contributed by atoms with Gasteiger partial charge in [0.15, 0.2) is 0 Å². The molecule has 0 fully saturated rings. The molecule has 6 nitrogen and oxygen atoms in total. The Morgan fingerprint density at radius 1 is 1.42 bits per heavy atom. The highest BCUT2D eigenvalue weighted by atomic mass is 35.5. The summed E-state index contributed by atoms with van der Waals surface area (Å²) in [6, 6.07) is 3.92. The molecule has 5 N–H and O–H groups in total. The van der Waals surface area contributed by atoms with Crippen LogP contribution in [0.5, 0.6) is 0 Å². The first kappa shape index (κ1) is 14.5. The Morgan fingerprint density at radius 3 is 2.85 bits per heavy atom. The van der Waals surface area contributed by atoms with Crippen LogP contribution in [0, 0.1) is 19.7 Å². The van der Waals surface area contributed by atoms with Crippen LogP contribution in [0.25, 0.3) is 11.6 Å². The minimum absolute atomic E-state index is 0. The van der Waals surface area contributed by atoms with Gasteiger partial charge in [0.25, 0.3) is 11.8 Å². The van der Waals surface area contributed by atoms with Crippen molar-refractivity contribution in [3.05, 3.63) is 52.1 Å². The molecule has 2 aromatic rings. The summed E-state index contributed by atoms with van der Waals surface area (Å²) < 4.78 is 43.5. The van der Waals surface area contributed by atoms with Gasteiger partial charge in [0.1, 0.15) is 5.82 Å². The van der Waals surface area contributed by atoms with Crippen molar-refractivity contribution < 1.29 is 19.5 Å². The molecule has 138 valence electrons. The lowest BCUT2D eigenvalue weighted by Crippen LogP contribution is -2.29. The van der Waals surface area contributed by atoms with Crippen LogP contribution in [0.3, 0.4) is 0 Å². The van der Waals surface area contributed by atoms with Crippen molar-refractivity contribution in [1.29, 1.82) is 0 Å². The van der Waals surface area contributed by atoms with E-state index in [-0.39, 0.29) is 23.5 Å². The predicted molar refractivity (Wildman–Crippen MR) is 102 cm³/mol. The zero-order chi connectivity index (χ0) is 21.7. The average Bonchev–Trinajstić information content (AvgIpc) is 3.03. The zero-order valence-electron chi connectivity index (χ0n) is 18.0. The number of rotatable bonds is 4. The standard InChI is InChI=1S/C18H19FN4O2.ClH/c1-9-15(22-10(2)16(9)18(25)21-6-5-20)8-13-12-7-11(19)3-4-14(12)23-17(13)24;/h3-4,7-8,22H,5-6,20H2,1-2H3,(H,21,25)(H,23,24);1H/b13-8-;/i5D2,6D2;. The van der Waals surface area contributed by atoms with Crippen molar-refractivity contribution in [2.24, 2.45) is 5.73 Å². The van der Waals surface area contributed by atoms with Gasteiger partial charge < -0.3 is 21.4 Å². The maximum atomic E-state index is 13.6. The lowest BCUT2D eigenvalue weighted by atomic mass is 10.0. The molecule has 0 saturated carbocycles. The van der Waals surface area contributed by atoms with Crippen LogP contribution < -0.4 is 16.4 Å². The van der Waals surface area contributed by atoms with Gasteiger partial charge in [0.2, 0.25) is 0 Å². The molecule has 1 aromatic heterocycles. The van der Waals surface area contributed by atoms with E-state index in [9.17, 15) is 14.0 Å². The van der Waals surface area contributed by atoms with E-state index < -0.39 is 30.6 Å². The summed E-state index contributed by atoms with van der Waals surface area (Å²) in [4.78, 5) is 27.8. The fraction of sp³-hybridized carbons (Fsp3) is 0.222. The van der Waals surface area contributed by atoms with Gasteiger partial charge in [0, 0.05) is 38.4 Å². The number of aromatic nitrogens is 1. The number of carbonyl (C=O) groups excluding carboxylic acids is 2. The Morgan fingerprint density at radius 2 is 2.15 bits per heavy atom. The molecule has 2 amide bonds. The summed E-state index contributed by atoms with van der Waals surface area (Å²) in [5.41, 5.74) is 7.54. The van der Waals surface area contributed by atoms with Crippen LogP contribution in [-0.4, -0.2) is 29.8 Å². The first-order valence-corrected chi connectivity index (χ1v) is 7.45. The molecular weight excluding hydrogens is 359 g/mol. The molecule has 2 heterocycles. The van der Waals surface area contributed by atoms with Gasteiger partial charge in [-0.25, -0.2) is 4.39 Å². The number of anilines is 1. The molecule has 3 rings (SSSR count). The van der Waals surface area contributed by atoms with Gasteiger partial charge in [-0.3, -0.25) is 9.59 Å². The van der Waals surface area contributed by atoms with Crippen molar-refractivity contribution in [2.45, 2.75) is 13.8 Å². The second-order valence-electron chi connectivity index (χ2n) is 5.59. The molecule has 0 spiro atoms. The molecule has 0 radical (unpaired) electrons. The number of benzene rings is 1. The minimum atomic E-state index is -2.80. The number of nitrogens with one attached hydrogen (secondary N) is 3. The molecule has 1 aliphatic rings. The van der Waals surface area contributed by atoms with Crippen molar-refractivity contribution >= 4 is 41.6 Å². The van der Waals surface area contributed by atoms with Gasteiger partial charge in [-0.15, -0.1) is 12.4 Å². The van der Waals surface area contributed by atoms with Crippen molar-refractivity contribution in [2.75, 3.05) is 18.3 Å². The van der Waals surface area contributed by atoms with Crippen LogP contribution in [0.15, 0.2) is 18.2 Å². The third-order valence-corrected chi connectivity index (χ3v) is 4.00. The highest BCUT2D eigenvalue weighted by molar-refractivity contribution is 6.34. The van der Waals surface area contributed by atoms with Gasteiger partial charge in [-0.05, 0) is 43.7 Å². The van der Waals surface area contributed by atoms with Crippen LogP contribution in [-0.2, 0) is 4.79 Å². The SMILES string of the molecule is Cl.[2H]C([2H])(N)C([2H])([2H])NC(=O)c1c(C)[nH]c(/C=C2\C(=O)Nc3ccc(F)cc32)c1C. The normalized spacial score (nSPS) is 17.4. The predicted octanol–water partition coefficient (Wildman–Crippen LogP) is 2.37. The van der Waals surface area contributed by atoms with Crippen LogP contribution in [0.4, 0.5) is 10.1 Å². The summed E-state index contributed by atoms with van der Waals surface area (Å²) in [6.45, 7) is -2.42. The molecule has 26 heavy (non-hydrogen) atoms. The fourth-order valence-corrected chi connectivity index (χ4v) is 2.86. The number of nitrogens with two attached hydrogens (primary N) is 1. The molecule has 0 saturated heterocycles. The summed E-state index contributed by atoms with van der Waals surface area (Å²) in [5, 5.41) is 4.59. The molecule has 0 bridgehead atoms. The van der Waals surface area contributed by atoms with Crippen molar-refractivity contribution in [3.8, 4) is 0 Å². The number of hydrogen-bond donors (Lipinski definition) is 4. The van der Waals surface area contributed by atoms with Crippen LogP contribution in [0.1, 0.15) is 38.4 Å². The van der Waals surface area contributed by atoms with E-state index in [1.54, 1.807) is 13.8 Å². The van der Waals surface area contributed by atoms with Crippen molar-refractivity contribution in [3.63, 3.8) is 0 Å². The lowest BCUT2D eigenvalue weighted by Gasteiger charge is -2.04. The average molecular weight is 383 g/mol. The summed E-state index contributed by atoms with van der Waals surface area (Å²) >= 11 is 0. The Hall–Kier alpha value is -2.64. The number of amides is 2. The Balaban J connectivity index is 0.00000320. The van der Waals surface area contributed by atoms with E-state index in [0.29, 0.717) is 28.2 Å². The van der Waals surface area contributed by atoms with Gasteiger partial charge in [0.05, 0.1) is 13.9 Å². The summed E-state index contributed by atoms with van der Waals surface area (Å²) in [6.07, 6.45) is 1.48. The van der Waals surface area contributed by atoms with Crippen LogP contribution >= 0.6 is 12.4 Å². The fourth-order valence-electron chi connectivity index (χ4n) is 2.86. The minimum Gasteiger partial charge on any atom is -0.358 e. The maximum absolute atomic E-state index is 13.6. The van der Waals surface area contributed by atoms with E-state index in [4.69, 9.17) is 11.2 Å². The largest absolute Gasteiger partial charge is 0.358 e. The number of halogens is 2. The number of carbonyl (C=O) groups is 2. The molecule has 0 aliphatic carbocycles. The first-order chi connectivity index (χ1) is 13.3. The third kappa shape index (κ3) is 3.49. The summed E-state index contributed by atoms with van der Waals surface area (Å²) in [5.74, 6) is -1.78. The number of H-pyrrole nitrogens is 1. The molecule has 0 unspecified atom stereocenters. The third-order valence-electron chi connectivity index (χ3n) is 4.00. The topological polar surface area (TPSA) is 100 Å². The molecule has 1 aliphatic heterocycles. The van der Waals surface area contributed by atoms with E-state index in [1.807, 2.05) is 5.32 Å². The lowest BCUT2D eigenvalue weighted by molar-refractivity contribution is -0.110. The van der Waals surface area contributed by atoms with Gasteiger partial charge in [-0.2, -0.15) is 0 Å². The number of hydrogen-bond acceptors (Lipinski definition) is 3. The second-order valence-corrected chi connectivity index (χ2v) is 5.59. The number of aromatic amines is 1. The molecule has 0 atom stereocenters. The highest BCUT2D eigenvalue weighted by Gasteiger charge is 2.26. The monoisotopic (exact) mass is 382 g/mol. The Bertz CT molecular complexity index is 1060. The second kappa shape index (κ2) is 7.72. The molecule has 8 heteroatoms. The van der Waals surface area contributed by atoms with Crippen molar-refractivity contribution in [1.82, 2.24) is 10.3 Å². The molecular formula is C18H20ClFN4O2. The quantitative estimate of drug-likeness (QED) is 0.611. The highest BCUT2D eigenvalue weighted by Crippen LogP contribution is 2.34. The van der Waals surface area contributed by atoms with E-state index in [2.05, 4.69) is 10.3 Å². The van der Waals surface area contributed by atoms with Gasteiger partial charge >= 0.3 is 0 Å². The smallest absolute Gasteiger partial charge is 0.256 e. The van der Waals surface area contributed by atoms with E-state index in [0.717, 1.165) is 0 Å². The Kier molecular flexibility index (Phi) is 4.31. The van der Waals surface area contributed by atoms with E-state index >= 15 is 0 Å². The zero-order valence-corrected chi connectivity index (χ0v) is 14.8. The van der Waals surface area contributed by atoms with Gasteiger partial charge in [-0.1, -0.05) is 0 Å². The first-order valence-electron chi connectivity index (χ1n) is 9.45. The number of fused-ring (bicyclic) bond motifs is 1. The summed E-state index contributed by atoms with van der Waals surface area (Å²) in [7, 11) is 0. The maximum Gasteiger partial charge on any atom is 0.256 e. The molecule has 1 aromatic carbocycles.